The van der Waals surface area contributed by atoms with E-state index in [0.717, 1.165) is 18.7 Å². The molecule has 1 aliphatic rings. The predicted molar refractivity (Wildman–Crippen MR) is 76.9 cm³/mol. The Labute approximate surface area is 115 Å². The zero-order valence-electron chi connectivity index (χ0n) is 12.2. The highest BCUT2D eigenvalue weighted by atomic mass is 16.3. The summed E-state index contributed by atoms with van der Waals surface area (Å²) in [5.41, 5.74) is 13.7. The van der Waals surface area contributed by atoms with Gasteiger partial charge in [-0.1, -0.05) is 0 Å². The van der Waals surface area contributed by atoms with Gasteiger partial charge >= 0.3 is 0 Å². The number of nitrogens with one attached hydrogen (secondary N) is 1. The highest BCUT2D eigenvalue weighted by Crippen LogP contribution is 2.32. The molecule has 0 aromatic heterocycles. The lowest BCUT2D eigenvalue weighted by atomic mass is 9.95. The maximum atomic E-state index is 9.73. The summed E-state index contributed by atoms with van der Waals surface area (Å²) in [6.45, 7) is 9.30. The first-order valence-corrected chi connectivity index (χ1v) is 6.84. The summed E-state index contributed by atoms with van der Waals surface area (Å²) in [5.74, 6) is 0. The van der Waals surface area contributed by atoms with Crippen molar-refractivity contribution in [2.45, 2.75) is 52.8 Å². The number of rotatable bonds is 2. The minimum atomic E-state index is -0.330. The van der Waals surface area contributed by atoms with Crippen LogP contribution < -0.4 is 4.90 Å². The Morgan fingerprint density at radius 1 is 1.21 bits per heavy atom. The lowest BCUT2D eigenvalue weighted by Gasteiger charge is -2.37. The van der Waals surface area contributed by atoms with Crippen LogP contribution in [-0.4, -0.2) is 23.9 Å². The second kappa shape index (κ2) is 5.29. The van der Waals surface area contributed by atoms with Gasteiger partial charge in [0.05, 0.1) is 6.10 Å². The van der Waals surface area contributed by atoms with E-state index >= 15 is 0 Å². The number of benzene rings is 1. The van der Waals surface area contributed by atoms with Crippen LogP contribution in [0.2, 0.25) is 0 Å². The molecule has 0 amide bonds. The van der Waals surface area contributed by atoms with Crippen LogP contribution in [0, 0.1) is 33.2 Å². The molecule has 0 radical (unpaired) electrons. The van der Waals surface area contributed by atoms with Gasteiger partial charge < -0.3 is 10.0 Å². The molecule has 1 aromatic carbocycles. The Morgan fingerprint density at radius 2 is 1.89 bits per heavy atom. The maximum absolute atomic E-state index is 9.73. The molecule has 2 N–H and O–H groups in total. The van der Waals surface area contributed by atoms with Gasteiger partial charge in [-0.2, -0.15) is 5.11 Å². The molecule has 2 atom stereocenters. The summed E-state index contributed by atoms with van der Waals surface area (Å²) in [4.78, 5) is 2.16. The molecule has 4 heteroatoms. The number of piperidine rings is 1. The summed E-state index contributed by atoms with van der Waals surface area (Å²) < 4.78 is 0. The molecule has 0 spiro atoms. The van der Waals surface area contributed by atoms with Crippen LogP contribution in [0.4, 0.5) is 5.69 Å². The van der Waals surface area contributed by atoms with Gasteiger partial charge in [0.25, 0.3) is 0 Å². The molecule has 1 heterocycles. The number of aryl methyl sites for hydroxylation is 1. The third kappa shape index (κ3) is 2.50. The minimum Gasteiger partial charge on any atom is -0.393 e. The van der Waals surface area contributed by atoms with E-state index in [1.807, 2.05) is 0 Å². The van der Waals surface area contributed by atoms with Crippen LogP contribution in [-0.2, 0) is 0 Å². The molecule has 2 unspecified atom stereocenters. The van der Waals surface area contributed by atoms with E-state index in [9.17, 15) is 5.11 Å². The Balaban J connectivity index is 2.43. The fourth-order valence-corrected chi connectivity index (χ4v) is 2.82. The molecule has 1 saturated heterocycles. The van der Waals surface area contributed by atoms with Gasteiger partial charge in [0, 0.05) is 18.7 Å². The van der Waals surface area contributed by atoms with Crippen LogP contribution >= 0.6 is 0 Å². The first kappa shape index (κ1) is 14.0. The number of aliphatic hydroxyl groups excluding tert-OH is 1. The fourth-order valence-electron chi connectivity index (χ4n) is 2.82. The van der Waals surface area contributed by atoms with Crippen molar-refractivity contribution in [3.05, 3.63) is 28.3 Å². The Bertz CT molecular complexity index is 499. The summed E-state index contributed by atoms with van der Waals surface area (Å²) in [5, 5.41) is 13.4. The molecule has 1 fully saturated rings. The second-order valence-electron chi connectivity index (χ2n) is 5.57. The smallest absolute Gasteiger partial charge is 0.144 e. The molecule has 104 valence electrons. The average molecular weight is 261 g/mol. The van der Waals surface area contributed by atoms with E-state index < -0.39 is 0 Å². The minimum absolute atomic E-state index is 0.232. The number of anilines is 1. The molecule has 4 nitrogen and oxygen atoms in total. The monoisotopic (exact) mass is 261 g/mol. The molecular weight excluding hydrogens is 238 g/mol. The number of nitrogens with zero attached hydrogens (tertiary/aromatic N) is 2. The van der Waals surface area contributed by atoms with Crippen LogP contribution in [0.15, 0.2) is 11.2 Å². The van der Waals surface area contributed by atoms with Crippen molar-refractivity contribution in [1.29, 1.82) is 5.53 Å². The summed E-state index contributed by atoms with van der Waals surface area (Å²) in [6, 6.07) is 2.19. The standard InChI is InChI=1S/C15H23N3O/c1-9-7-14(12(4)11(3)10(9)2)18-6-5-13(19)8-15(18)17-16/h7,13,15-16,19H,5-6,8H2,1-4H3. The van der Waals surface area contributed by atoms with Crippen LogP contribution in [0.25, 0.3) is 0 Å². The lowest BCUT2D eigenvalue weighted by molar-refractivity contribution is 0.127. The maximum Gasteiger partial charge on any atom is 0.144 e. The molecule has 0 saturated carbocycles. The Hall–Kier alpha value is -1.42. The zero-order chi connectivity index (χ0) is 14.2. The predicted octanol–water partition coefficient (Wildman–Crippen LogP) is 3.24. The molecule has 0 bridgehead atoms. The van der Waals surface area contributed by atoms with E-state index in [1.165, 1.54) is 22.3 Å². The summed E-state index contributed by atoms with van der Waals surface area (Å²) >= 11 is 0. The highest BCUT2D eigenvalue weighted by molar-refractivity contribution is 5.61. The first-order valence-electron chi connectivity index (χ1n) is 6.84. The molecule has 1 aromatic rings. The van der Waals surface area contributed by atoms with Gasteiger partial charge in [-0.15, -0.1) is 0 Å². The molecule has 2 rings (SSSR count). The van der Waals surface area contributed by atoms with Crippen molar-refractivity contribution in [3.63, 3.8) is 0 Å². The van der Waals surface area contributed by atoms with E-state index in [1.54, 1.807) is 0 Å². The van der Waals surface area contributed by atoms with Crippen molar-refractivity contribution in [2.75, 3.05) is 11.4 Å². The number of aliphatic hydroxyl groups is 1. The largest absolute Gasteiger partial charge is 0.393 e. The topological polar surface area (TPSA) is 59.7 Å². The van der Waals surface area contributed by atoms with Gasteiger partial charge in [0.1, 0.15) is 6.17 Å². The molecular formula is C15H23N3O. The molecule has 1 aliphatic heterocycles. The SMILES string of the molecule is Cc1cc(N2CCC(O)CC2N=N)c(C)c(C)c1C. The zero-order valence-corrected chi connectivity index (χ0v) is 12.2. The van der Waals surface area contributed by atoms with Gasteiger partial charge in [-0.3, -0.25) is 0 Å². The van der Waals surface area contributed by atoms with Gasteiger partial charge in [0.15, 0.2) is 0 Å². The van der Waals surface area contributed by atoms with Crippen molar-refractivity contribution in [1.82, 2.24) is 0 Å². The average Bonchev–Trinajstić information content (AvgIpc) is 2.40. The van der Waals surface area contributed by atoms with E-state index in [2.05, 4.69) is 43.8 Å². The Kier molecular flexibility index (Phi) is 3.90. The van der Waals surface area contributed by atoms with Crippen molar-refractivity contribution >= 4 is 5.69 Å². The van der Waals surface area contributed by atoms with Gasteiger partial charge in [0.2, 0.25) is 0 Å². The highest BCUT2D eigenvalue weighted by Gasteiger charge is 2.28. The van der Waals surface area contributed by atoms with Crippen LogP contribution in [0.3, 0.4) is 0 Å². The normalized spacial score (nSPS) is 23.5. The lowest BCUT2D eigenvalue weighted by Crippen LogP contribution is -2.43. The van der Waals surface area contributed by atoms with E-state index in [-0.39, 0.29) is 12.3 Å². The third-order valence-corrected chi connectivity index (χ3v) is 4.46. The van der Waals surface area contributed by atoms with Crippen molar-refractivity contribution in [3.8, 4) is 0 Å². The quantitative estimate of drug-likeness (QED) is 0.803. The van der Waals surface area contributed by atoms with Gasteiger partial charge in [-0.25, -0.2) is 5.53 Å². The van der Waals surface area contributed by atoms with E-state index in [0.29, 0.717) is 6.42 Å². The Morgan fingerprint density at radius 3 is 2.53 bits per heavy atom. The number of hydrogen-bond donors (Lipinski definition) is 2. The second-order valence-corrected chi connectivity index (χ2v) is 5.57. The van der Waals surface area contributed by atoms with Crippen molar-refractivity contribution < 1.29 is 5.11 Å². The first-order chi connectivity index (χ1) is 8.95. The van der Waals surface area contributed by atoms with Crippen LogP contribution in [0.5, 0.6) is 0 Å². The van der Waals surface area contributed by atoms with Crippen molar-refractivity contribution in [2.24, 2.45) is 5.11 Å². The molecule has 0 aliphatic carbocycles. The third-order valence-electron chi connectivity index (χ3n) is 4.46. The number of hydrogen-bond acceptors (Lipinski definition) is 4. The molecule has 19 heavy (non-hydrogen) atoms. The van der Waals surface area contributed by atoms with Crippen LogP contribution in [0.1, 0.15) is 35.1 Å². The van der Waals surface area contributed by atoms with E-state index in [4.69, 9.17) is 5.53 Å². The summed E-state index contributed by atoms with van der Waals surface area (Å²) in [6.07, 6.45) is 0.735. The van der Waals surface area contributed by atoms with Gasteiger partial charge in [-0.05, 0) is 62.4 Å². The fraction of sp³-hybridized carbons (Fsp3) is 0.600. The summed E-state index contributed by atoms with van der Waals surface area (Å²) in [7, 11) is 0.